The number of rotatable bonds is 5. The van der Waals surface area contributed by atoms with Crippen molar-refractivity contribution in [2.45, 2.75) is 13.5 Å². The average molecular weight is 293 g/mol. The molecule has 0 aromatic heterocycles. The Labute approximate surface area is 124 Å². The van der Waals surface area contributed by atoms with E-state index in [-0.39, 0.29) is 0 Å². The minimum atomic E-state index is 0.446. The molecule has 2 rings (SSSR count). The Bertz CT molecular complexity index is 596. The van der Waals surface area contributed by atoms with E-state index in [0.29, 0.717) is 23.1 Å². The van der Waals surface area contributed by atoms with Gasteiger partial charge < -0.3 is 14.2 Å². The molecular formula is C16H17ClO3. The fraction of sp³-hybridized carbons (Fsp3) is 0.250. The Morgan fingerprint density at radius 1 is 0.900 bits per heavy atom. The second-order valence-corrected chi connectivity index (χ2v) is 4.82. The minimum absolute atomic E-state index is 0.446. The highest BCUT2D eigenvalue weighted by molar-refractivity contribution is 6.30. The van der Waals surface area contributed by atoms with Crippen LogP contribution < -0.4 is 14.2 Å². The molecule has 0 N–H and O–H groups in total. The molecule has 0 radical (unpaired) electrons. The predicted octanol–water partition coefficient (Wildman–Crippen LogP) is 4.24. The molecule has 0 spiro atoms. The van der Waals surface area contributed by atoms with Crippen LogP contribution >= 0.6 is 11.6 Å². The minimum Gasteiger partial charge on any atom is -0.493 e. The molecule has 0 saturated heterocycles. The zero-order valence-electron chi connectivity index (χ0n) is 11.8. The van der Waals surface area contributed by atoms with E-state index in [2.05, 4.69) is 0 Å². The van der Waals surface area contributed by atoms with Gasteiger partial charge in [0.05, 0.1) is 14.2 Å². The quantitative estimate of drug-likeness (QED) is 0.825. The first-order valence-corrected chi connectivity index (χ1v) is 6.61. The molecule has 0 aliphatic rings. The number of methoxy groups -OCH3 is 2. The molecular weight excluding hydrogens is 276 g/mol. The third-order valence-electron chi connectivity index (χ3n) is 2.99. The molecule has 2 aromatic carbocycles. The van der Waals surface area contributed by atoms with Crippen LogP contribution in [0.4, 0.5) is 0 Å². The van der Waals surface area contributed by atoms with Crippen LogP contribution in [0.5, 0.6) is 17.2 Å². The van der Waals surface area contributed by atoms with E-state index in [1.165, 1.54) is 0 Å². The lowest BCUT2D eigenvalue weighted by Crippen LogP contribution is -1.98. The first kappa shape index (κ1) is 14.5. The van der Waals surface area contributed by atoms with Crippen molar-refractivity contribution < 1.29 is 14.2 Å². The summed E-state index contributed by atoms with van der Waals surface area (Å²) in [6.07, 6.45) is 0. The van der Waals surface area contributed by atoms with Crippen LogP contribution in [0.15, 0.2) is 36.4 Å². The second-order valence-electron chi connectivity index (χ2n) is 4.39. The van der Waals surface area contributed by atoms with E-state index in [1.54, 1.807) is 14.2 Å². The van der Waals surface area contributed by atoms with Crippen molar-refractivity contribution in [1.82, 2.24) is 0 Å². The fourth-order valence-electron chi connectivity index (χ4n) is 1.86. The summed E-state index contributed by atoms with van der Waals surface area (Å²) in [6.45, 7) is 2.43. The van der Waals surface area contributed by atoms with Gasteiger partial charge in [0.2, 0.25) is 0 Å². The van der Waals surface area contributed by atoms with E-state index < -0.39 is 0 Å². The van der Waals surface area contributed by atoms with E-state index in [9.17, 15) is 0 Å². The lowest BCUT2D eigenvalue weighted by atomic mass is 10.2. The average Bonchev–Trinajstić information content (AvgIpc) is 2.47. The molecule has 0 atom stereocenters. The molecule has 0 heterocycles. The van der Waals surface area contributed by atoms with Gasteiger partial charge >= 0.3 is 0 Å². The summed E-state index contributed by atoms with van der Waals surface area (Å²) in [5.41, 5.74) is 2.05. The van der Waals surface area contributed by atoms with Crippen molar-refractivity contribution in [3.05, 3.63) is 52.5 Å². The molecule has 20 heavy (non-hydrogen) atoms. The summed E-state index contributed by atoms with van der Waals surface area (Å²) in [6, 6.07) is 11.3. The van der Waals surface area contributed by atoms with Gasteiger partial charge in [0.25, 0.3) is 0 Å². The maximum absolute atomic E-state index is 5.97. The Kier molecular flexibility index (Phi) is 4.74. The number of aryl methyl sites for hydroxylation is 1. The number of benzene rings is 2. The van der Waals surface area contributed by atoms with Crippen molar-refractivity contribution in [2.75, 3.05) is 14.2 Å². The maximum atomic E-state index is 5.97. The normalized spacial score (nSPS) is 10.2. The topological polar surface area (TPSA) is 27.7 Å². The van der Waals surface area contributed by atoms with Crippen molar-refractivity contribution in [1.29, 1.82) is 0 Å². The van der Waals surface area contributed by atoms with Gasteiger partial charge in [0, 0.05) is 5.02 Å². The van der Waals surface area contributed by atoms with E-state index >= 15 is 0 Å². The van der Waals surface area contributed by atoms with E-state index in [1.807, 2.05) is 43.3 Å². The van der Waals surface area contributed by atoms with Crippen molar-refractivity contribution in [3.8, 4) is 17.2 Å². The summed E-state index contributed by atoms with van der Waals surface area (Å²) < 4.78 is 16.3. The Morgan fingerprint density at radius 3 is 2.35 bits per heavy atom. The summed E-state index contributed by atoms with van der Waals surface area (Å²) in [5.74, 6) is 2.18. The first-order valence-electron chi connectivity index (χ1n) is 6.24. The third-order valence-corrected chi connectivity index (χ3v) is 3.23. The number of ether oxygens (including phenoxy) is 3. The SMILES string of the molecule is COc1ccc(COc2cc(Cl)ccc2C)cc1OC. The molecule has 0 saturated carbocycles. The smallest absolute Gasteiger partial charge is 0.161 e. The molecule has 2 aromatic rings. The molecule has 0 aliphatic carbocycles. The van der Waals surface area contributed by atoms with Crippen molar-refractivity contribution >= 4 is 11.6 Å². The van der Waals surface area contributed by atoms with Crippen LogP contribution in [0.2, 0.25) is 5.02 Å². The number of hydrogen-bond acceptors (Lipinski definition) is 3. The highest BCUT2D eigenvalue weighted by Crippen LogP contribution is 2.29. The highest BCUT2D eigenvalue weighted by Gasteiger charge is 2.06. The summed E-state index contributed by atoms with van der Waals surface area (Å²) in [7, 11) is 3.23. The lowest BCUT2D eigenvalue weighted by Gasteiger charge is -2.12. The highest BCUT2D eigenvalue weighted by atomic mass is 35.5. The standard InChI is InChI=1S/C16H17ClO3/c1-11-4-6-13(17)9-15(11)20-10-12-5-7-14(18-2)16(8-12)19-3/h4-9H,10H2,1-3H3. The Morgan fingerprint density at radius 2 is 1.65 bits per heavy atom. The van der Waals surface area contributed by atoms with Gasteiger partial charge in [0.1, 0.15) is 12.4 Å². The predicted molar refractivity (Wildman–Crippen MR) is 80.1 cm³/mol. The first-order chi connectivity index (χ1) is 9.63. The van der Waals surface area contributed by atoms with E-state index in [4.69, 9.17) is 25.8 Å². The largest absolute Gasteiger partial charge is 0.493 e. The second kappa shape index (κ2) is 6.53. The number of halogens is 1. The molecule has 0 amide bonds. The van der Waals surface area contributed by atoms with Crippen LogP contribution in [0, 0.1) is 6.92 Å². The van der Waals surface area contributed by atoms with Gasteiger partial charge in [-0.05, 0) is 42.3 Å². The van der Waals surface area contributed by atoms with Crippen molar-refractivity contribution in [3.63, 3.8) is 0 Å². The maximum Gasteiger partial charge on any atom is 0.161 e. The van der Waals surface area contributed by atoms with E-state index in [0.717, 1.165) is 16.9 Å². The molecule has 3 nitrogen and oxygen atoms in total. The molecule has 0 aliphatic heterocycles. The Hall–Kier alpha value is -1.87. The van der Waals surface area contributed by atoms with Crippen LogP contribution in [-0.2, 0) is 6.61 Å². The number of hydrogen-bond donors (Lipinski definition) is 0. The summed E-state index contributed by atoms with van der Waals surface area (Å²) >= 11 is 5.97. The van der Waals surface area contributed by atoms with Gasteiger partial charge in [-0.2, -0.15) is 0 Å². The van der Waals surface area contributed by atoms with Gasteiger partial charge in [-0.1, -0.05) is 23.7 Å². The molecule has 106 valence electrons. The van der Waals surface area contributed by atoms with Crippen LogP contribution in [0.25, 0.3) is 0 Å². The Balaban J connectivity index is 2.12. The molecule has 0 unspecified atom stereocenters. The third kappa shape index (κ3) is 3.36. The lowest BCUT2D eigenvalue weighted by molar-refractivity contribution is 0.302. The van der Waals surface area contributed by atoms with Crippen LogP contribution in [0.1, 0.15) is 11.1 Å². The van der Waals surface area contributed by atoms with Gasteiger partial charge in [0.15, 0.2) is 11.5 Å². The van der Waals surface area contributed by atoms with Gasteiger partial charge in [-0.25, -0.2) is 0 Å². The monoisotopic (exact) mass is 292 g/mol. The van der Waals surface area contributed by atoms with Crippen LogP contribution in [0.3, 0.4) is 0 Å². The zero-order valence-corrected chi connectivity index (χ0v) is 12.5. The van der Waals surface area contributed by atoms with Crippen LogP contribution in [-0.4, -0.2) is 14.2 Å². The fourth-order valence-corrected chi connectivity index (χ4v) is 2.02. The molecule has 0 fully saturated rings. The zero-order chi connectivity index (χ0) is 14.5. The molecule has 4 heteroatoms. The molecule has 0 bridgehead atoms. The van der Waals surface area contributed by atoms with Gasteiger partial charge in [-0.15, -0.1) is 0 Å². The summed E-state index contributed by atoms with van der Waals surface area (Å²) in [4.78, 5) is 0. The van der Waals surface area contributed by atoms with Gasteiger partial charge in [-0.3, -0.25) is 0 Å². The summed E-state index contributed by atoms with van der Waals surface area (Å²) in [5, 5.41) is 0.665. The van der Waals surface area contributed by atoms with Crippen molar-refractivity contribution in [2.24, 2.45) is 0 Å².